The van der Waals surface area contributed by atoms with Crippen LogP contribution in [0.2, 0.25) is 0 Å². The Balaban J connectivity index is 2.35. The van der Waals surface area contributed by atoms with Gasteiger partial charge in [0.1, 0.15) is 11.9 Å². The van der Waals surface area contributed by atoms with E-state index in [9.17, 15) is 5.11 Å². The van der Waals surface area contributed by atoms with Gasteiger partial charge in [-0.1, -0.05) is 30.3 Å². The Hall–Kier alpha value is -2.00. The minimum atomic E-state index is -0.695. The van der Waals surface area contributed by atoms with E-state index in [2.05, 4.69) is 0 Å². The highest BCUT2D eigenvalue weighted by molar-refractivity contribution is 5.50. The molecule has 2 rings (SSSR count). The molecule has 3 heteroatoms. The molecule has 1 unspecified atom stereocenters. The summed E-state index contributed by atoms with van der Waals surface area (Å²) in [5, 5.41) is 10.7. The molecule has 0 radical (unpaired) electrons. The minimum Gasteiger partial charge on any atom is -0.491 e. The number of benzene rings is 2. The summed E-state index contributed by atoms with van der Waals surface area (Å²) in [6.07, 6.45) is -0.619. The molecular weight excluding hydrogens is 262 g/mol. The summed E-state index contributed by atoms with van der Waals surface area (Å²) in [6, 6.07) is 15.6. The summed E-state index contributed by atoms with van der Waals surface area (Å²) < 4.78 is 5.80. The number of aliphatic hydroxyl groups excluding tert-OH is 1. The number of para-hydroxylation sites is 1. The first-order valence-corrected chi connectivity index (χ1v) is 7.20. The van der Waals surface area contributed by atoms with E-state index in [0.29, 0.717) is 0 Å². The smallest absolute Gasteiger partial charge is 0.125 e. The SMILES string of the molecule is CC(C)Oc1ccccc1C(O)c1cccc(N(C)C)c1. The topological polar surface area (TPSA) is 32.7 Å². The molecule has 0 heterocycles. The van der Waals surface area contributed by atoms with Crippen molar-refractivity contribution in [3.63, 3.8) is 0 Å². The molecule has 3 nitrogen and oxygen atoms in total. The number of hydrogen-bond donors (Lipinski definition) is 1. The lowest BCUT2D eigenvalue weighted by Crippen LogP contribution is -2.11. The van der Waals surface area contributed by atoms with Gasteiger partial charge in [0.15, 0.2) is 0 Å². The van der Waals surface area contributed by atoms with Crippen molar-refractivity contribution < 1.29 is 9.84 Å². The molecule has 1 N–H and O–H groups in total. The van der Waals surface area contributed by atoms with E-state index in [1.165, 1.54) is 0 Å². The van der Waals surface area contributed by atoms with Crippen molar-refractivity contribution >= 4 is 5.69 Å². The second-order valence-corrected chi connectivity index (χ2v) is 5.60. The van der Waals surface area contributed by atoms with Crippen LogP contribution in [0.5, 0.6) is 5.75 Å². The van der Waals surface area contributed by atoms with Gasteiger partial charge in [-0.3, -0.25) is 0 Å². The van der Waals surface area contributed by atoms with Crippen molar-refractivity contribution in [3.05, 3.63) is 59.7 Å². The van der Waals surface area contributed by atoms with E-state index >= 15 is 0 Å². The Labute approximate surface area is 126 Å². The van der Waals surface area contributed by atoms with Crippen LogP contribution in [-0.4, -0.2) is 25.3 Å². The van der Waals surface area contributed by atoms with Crippen LogP contribution in [-0.2, 0) is 0 Å². The fourth-order valence-corrected chi connectivity index (χ4v) is 2.22. The van der Waals surface area contributed by atoms with E-state index in [4.69, 9.17) is 4.74 Å². The van der Waals surface area contributed by atoms with Crippen molar-refractivity contribution in [2.75, 3.05) is 19.0 Å². The van der Waals surface area contributed by atoms with Gasteiger partial charge in [0.2, 0.25) is 0 Å². The summed E-state index contributed by atoms with van der Waals surface area (Å²) in [5.41, 5.74) is 2.72. The van der Waals surface area contributed by atoms with Gasteiger partial charge in [0, 0.05) is 25.3 Å². The average molecular weight is 285 g/mol. The zero-order valence-corrected chi connectivity index (χ0v) is 13.1. The second kappa shape index (κ2) is 6.64. The number of aliphatic hydroxyl groups is 1. The molecule has 0 amide bonds. The molecule has 1 atom stereocenters. The van der Waals surface area contributed by atoms with Crippen LogP contribution in [0.3, 0.4) is 0 Å². The van der Waals surface area contributed by atoms with Crippen LogP contribution in [0.4, 0.5) is 5.69 Å². The van der Waals surface area contributed by atoms with Gasteiger partial charge in [-0.25, -0.2) is 0 Å². The summed E-state index contributed by atoms with van der Waals surface area (Å²) in [7, 11) is 3.97. The fourth-order valence-electron chi connectivity index (χ4n) is 2.22. The molecule has 0 aromatic heterocycles. The van der Waals surface area contributed by atoms with Gasteiger partial charge in [-0.15, -0.1) is 0 Å². The normalized spacial score (nSPS) is 12.3. The largest absolute Gasteiger partial charge is 0.491 e. The maximum Gasteiger partial charge on any atom is 0.125 e. The third kappa shape index (κ3) is 3.76. The first-order chi connectivity index (χ1) is 9.99. The van der Waals surface area contributed by atoms with Gasteiger partial charge >= 0.3 is 0 Å². The molecule has 0 aliphatic carbocycles. The first-order valence-electron chi connectivity index (χ1n) is 7.20. The van der Waals surface area contributed by atoms with Crippen LogP contribution in [0.15, 0.2) is 48.5 Å². The molecule has 0 bridgehead atoms. The lowest BCUT2D eigenvalue weighted by atomic mass is 10.00. The highest BCUT2D eigenvalue weighted by Crippen LogP contribution is 2.31. The maximum atomic E-state index is 10.7. The molecule has 21 heavy (non-hydrogen) atoms. The van der Waals surface area contributed by atoms with Crippen LogP contribution in [0, 0.1) is 0 Å². The molecule has 0 fully saturated rings. The van der Waals surface area contributed by atoms with Gasteiger partial charge in [-0.2, -0.15) is 0 Å². The predicted octanol–water partition coefficient (Wildman–Crippen LogP) is 3.62. The zero-order valence-electron chi connectivity index (χ0n) is 13.1. The third-order valence-electron chi connectivity index (χ3n) is 3.28. The fraction of sp³-hybridized carbons (Fsp3) is 0.333. The van der Waals surface area contributed by atoms with Gasteiger partial charge in [0.25, 0.3) is 0 Å². The zero-order chi connectivity index (χ0) is 15.4. The Kier molecular flexibility index (Phi) is 4.86. The van der Waals surface area contributed by atoms with Crippen LogP contribution in [0.1, 0.15) is 31.1 Å². The van der Waals surface area contributed by atoms with Crippen molar-refractivity contribution in [2.24, 2.45) is 0 Å². The predicted molar refractivity (Wildman–Crippen MR) is 87.0 cm³/mol. The summed E-state index contributed by atoms with van der Waals surface area (Å²) in [4.78, 5) is 2.02. The molecule has 2 aromatic carbocycles. The first kappa shape index (κ1) is 15.4. The molecule has 0 saturated heterocycles. The van der Waals surface area contributed by atoms with E-state index in [1.54, 1.807) is 0 Å². The molecular formula is C18H23NO2. The average Bonchev–Trinajstić information content (AvgIpc) is 2.46. The number of nitrogens with zero attached hydrogens (tertiary/aromatic N) is 1. The highest BCUT2D eigenvalue weighted by atomic mass is 16.5. The lowest BCUT2D eigenvalue weighted by Gasteiger charge is -2.20. The van der Waals surface area contributed by atoms with Gasteiger partial charge in [-0.05, 0) is 37.6 Å². The van der Waals surface area contributed by atoms with E-state index in [-0.39, 0.29) is 6.10 Å². The Morgan fingerprint density at radius 1 is 1.00 bits per heavy atom. The van der Waals surface area contributed by atoms with Crippen LogP contribution in [0.25, 0.3) is 0 Å². The van der Waals surface area contributed by atoms with Crippen molar-refractivity contribution in [1.29, 1.82) is 0 Å². The van der Waals surface area contributed by atoms with Crippen molar-refractivity contribution in [3.8, 4) is 5.75 Å². The van der Waals surface area contributed by atoms with Crippen molar-refractivity contribution in [1.82, 2.24) is 0 Å². The number of hydrogen-bond acceptors (Lipinski definition) is 3. The maximum absolute atomic E-state index is 10.7. The molecule has 0 saturated carbocycles. The van der Waals surface area contributed by atoms with E-state index in [0.717, 1.165) is 22.6 Å². The quantitative estimate of drug-likeness (QED) is 0.910. The standard InChI is InChI=1S/C18H23NO2/c1-13(2)21-17-11-6-5-10-16(17)18(20)14-8-7-9-15(12-14)19(3)4/h5-13,18,20H,1-4H3. The number of anilines is 1. The summed E-state index contributed by atoms with van der Waals surface area (Å²) in [5.74, 6) is 0.732. The lowest BCUT2D eigenvalue weighted by molar-refractivity contribution is 0.198. The molecule has 0 aliphatic rings. The van der Waals surface area contributed by atoms with Crippen LogP contribution < -0.4 is 9.64 Å². The Bertz CT molecular complexity index is 593. The van der Waals surface area contributed by atoms with Crippen molar-refractivity contribution in [2.45, 2.75) is 26.1 Å². The summed E-state index contributed by atoms with van der Waals surface area (Å²) in [6.45, 7) is 3.96. The number of ether oxygens (including phenoxy) is 1. The van der Waals surface area contributed by atoms with E-state index < -0.39 is 6.10 Å². The second-order valence-electron chi connectivity index (χ2n) is 5.60. The van der Waals surface area contributed by atoms with Crippen LogP contribution >= 0.6 is 0 Å². The Morgan fingerprint density at radius 2 is 1.71 bits per heavy atom. The molecule has 0 spiro atoms. The third-order valence-corrected chi connectivity index (χ3v) is 3.28. The monoisotopic (exact) mass is 285 g/mol. The Morgan fingerprint density at radius 3 is 2.38 bits per heavy atom. The van der Waals surface area contributed by atoms with Gasteiger partial charge in [0.05, 0.1) is 6.10 Å². The minimum absolute atomic E-state index is 0.0754. The summed E-state index contributed by atoms with van der Waals surface area (Å²) >= 11 is 0. The highest BCUT2D eigenvalue weighted by Gasteiger charge is 2.16. The molecule has 2 aromatic rings. The molecule has 0 aliphatic heterocycles. The molecule has 112 valence electrons. The van der Waals surface area contributed by atoms with E-state index in [1.807, 2.05) is 81.4 Å². The van der Waals surface area contributed by atoms with Gasteiger partial charge < -0.3 is 14.7 Å². The number of rotatable bonds is 5.